The number of aryl methyl sites for hydroxylation is 1. The van der Waals surface area contributed by atoms with Gasteiger partial charge in [0.1, 0.15) is 0 Å². The van der Waals surface area contributed by atoms with Gasteiger partial charge in [0.25, 0.3) is 0 Å². The molecule has 0 aromatic carbocycles. The molecule has 2 heterocycles. The van der Waals surface area contributed by atoms with Crippen LogP contribution in [0.25, 0.3) is 0 Å². The van der Waals surface area contributed by atoms with Gasteiger partial charge in [-0.05, 0) is 28.8 Å². The minimum Gasteiger partial charge on any atom is -0.356 e. The smallest absolute Gasteiger partial charge is 0.220 e. The van der Waals surface area contributed by atoms with Crippen molar-refractivity contribution in [1.29, 1.82) is 0 Å². The van der Waals surface area contributed by atoms with Crippen LogP contribution in [-0.4, -0.2) is 25.5 Å². The van der Waals surface area contributed by atoms with Crippen LogP contribution in [0, 0.1) is 5.92 Å². The first-order valence-corrected chi connectivity index (χ1v) is 6.27. The SMILES string of the molecule is Cl.O=C(CCc1ccsc1)NCC1CNC1. The lowest BCUT2D eigenvalue weighted by molar-refractivity contribution is -0.121. The zero-order valence-electron chi connectivity index (χ0n) is 9.07. The van der Waals surface area contributed by atoms with E-state index in [0.717, 1.165) is 26.1 Å². The number of carbonyl (C=O) groups is 1. The molecular weight excluding hydrogens is 244 g/mol. The number of halogens is 1. The number of amides is 1. The highest BCUT2D eigenvalue weighted by molar-refractivity contribution is 7.07. The predicted molar refractivity (Wildman–Crippen MR) is 69.3 cm³/mol. The molecule has 1 aliphatic rings. The maximum absolute atomic E-state index is 11.5. The van der Waals surface area contributed by atoms with Crippen molar-refractivity contribution in [3.8, 4) is 0 Å². The molecule has 0 atom stereocenters. The summed E-state index contributed by atoms with van der Waals surface area (Å²) in [6.07, 6.45) is 1.47. The van der Waals surface area contributed by atoms with Crippen molar-refractivity contribution in [1.82, 2.24) is 10.6 Å². The molecule has 0 aliphatic carbocycles. The van der Waals surface area contributed by atoms with Gasteiger partial charge in [-0.25, -0.2) is 0 Å². The quantitative estimate of drug-likeness (QED) is 0.841. The van der Waals surface area contributed by atoms with Crippen LogP contribution in [0.4, 0.5) is 0 Å². The van der Waals surface area contributed by atoms with Crippen molar-refractivity contribution in [2.24, 2.45) is 5.92 Å². The Morgan fingerprint density at radius 3 is 2.94 bits per heavy atom. The number of rotatable bonds is 5. The number of carbonyl (C=O) groups excluding carboxylic acids is 1. The van der Waals surface area contributed by atoms with Crippen molar-refractivity contribution in [2.45, 2.75) is 12.8 Å². The van der Waals surface area contributed by atoms with Crippen LogP contribution in [0.3, 0.4) is 0 Å². The van der Waals surface area contributed by atoms with E-state index >= 15 is 0 Å². The molecule has 3 nitrogen and oxygen atoms in total. The largest absolute Gasteiger partial charge is 0.356 e. The Bertz CT molecular complexity index is 312. The summed E-state index contributed by atoms with van der Waals surface area (Å²) in [4.78, 5) is 11.5. The third-order valence-corrected chi connectivity index (χ3v) is 3.41. The Labute approximate surface area is 106 Å². The topological polar surface area (TPSA) is 41.1 Å². The first kappa shape index (κ1) is 13.5. The van der Waals surface area contributed by atoms with Crippen LogP contribution in [-0.2, 0) is 11.2 Å². The Kier molecular flexibility index (Phi) is 5.80. The molecule has 1 aromatic rings. The molecular formula is C11H17ClN2OS. The van der Waals surface area contributed by atoms with Crippen molar-refractivity contribution in [3.63, 3.8) is 0 Å². The summed E-state index contributed by atoms with van der Waals surface area (Å²) in [6.45, 7) is 2.92. The van der Waals surface area contributed by atoms with Crippen LogP contribution >= 0.6 is 23.7 Å². The van der Waals surface area contributed by atoms with E-state index in [1.165, 1.54) is 5.56 Å². The molecule has 2 N–H and O–H groups in total. The molecule has 0 radical (unpaired) electrons. The Morgan fingerprint density at radius 2 is 2.38 bits per heavy atom. The fourth-order valence-electron chi connectivity index (χ4n) is 1.53. The maximum atomic E-state index is 11.5. The lowest BCUT2D eigenvalue weighted by atomic mass is 10.0. The number of hydrogen-bond acceptors (Lipinski definition) is 3. The zero-order chi connectivity index (χ0) is 10.5. The molecule has 1 aromatic heterocycles. The summed E-state index contributed by atoms with van der Waals surface area (Å²) in [7, 11) is 0. The molecule has 0 unspecified atom stereocenters. The second-order valence-electron chi connectivity index (χ2n) is 3.96. The molecule has 1 aliphatic heterocycles. The third-order valence-electron chi connectivity index (χ3n) is 2.67. The van der Waals surface area contributed by atoms with Crippen molar-refractivity contribution >= 4 is 29.7 Å². The minimum atomic E-state index is 0. The minimum absolute atomic E-state index is 0. The Morgan fingerprint density at radius 1 is 1.56 bits per heavy atom. The van der Waals surface area contributed by atoms with Gasteiger partial charge in [0.05, 0.1) is 0 Å². The molecule has 1 amide bonds. The second kappa shape index (κ2) is 6.89. The molecule has 0 spiro atoms. The molecule has 1 saturated heterocycles. The second-order valence-corrected chi connectivity index (χ2v) is 4.74. The fraction of sp³-hybridized carbons (Fsp3) is 0.545. The summed E-state index contributed by atoms with van der Waals surface area (Å²) in [6, 6.07) is 2.08. The van der Waals surface area contributed by atoms with E-state index in [1.54, 1.807) is 11.3 Å². The van der Waals surface area contributed by atoms with Gasteiger partial charge in [0.2, 0.25) is 5.91 Å². The molecule has 1 fully saturated rings. The van der Waals surface area contributed by atoms with Gasteiger partial charge in [-0.15, -0.1) is 12.4 Å². The van der Waals surface area contributed by atoms with E-state index in [1.807, 2.05) is 5.38 Å². The van der Waals surface area contributed by atoms with Crippen LogP contribution in [0.5, 0.6) is 0 Å². The van der Waals surface area contributed by atoms with Gasteiger partial charge in [-0.2, -0.15) is 11.3 Å². The van der Waals surface area contributed by atoms with E-state index in [-0.39, 0.29) is 18.3 Å². The highest BCUT2D eigenvalue weighted by Gasteiger charge is 2.16. The number of thiophene rings is 1. The molecule has 0 bridgehead atoms. The molecule has 16 heavy (non-hydrogen) atoms. The fourth-order valence-corrected chi connectivity index (χ4v) is 2.24. The zero-order valence-corrected chi connectivity index (χ0v) is 10.7. The van der Waals surface area contributed by atoms with Gasteiger partial charge in [-0.3, -0.25) is 4.79 Å². The highest BCUT2D eigenvalue weighted by Crippen LogP contribution is 2.08. The molecule has 2 rings (SSSR count). The number of hydrogen-bond donors (Lipinski definition) is 2. The van der Waals surface area contributed by atoms with Crippen molar-refractivity contribution in [2.75, 3.05) is 19.6 Å². The summed E-state index contributed by atoms with van der Waals surface area (Å²) in [5.41, 5.74) is 1.26. The van der Waals surface area contributed by atoms with Crippen LogP contribution in [0.2, 0.25) is 0 Å². The van der Waals surface area contributed by atoms with E-state index in [0.29, 0.717) is 12.3 Å². The lowest BCUT2D eigenvalue weighted by Crippen LogP contribution is -2.48. The van der Waals surface area contributed by atoms with Gasteiger partial charge < -0.3 is 10.6 Å². The monoisotopic (exact) mass is 260 g/mol. The summed E-state index contributed by atoms with van der Waals surface area (Å²) >= 11 is 1.68. The van der Waals surface area contributed by atoms with Gasteiger partial charge in [0, 0.05) is 32.0 Å². The molecule has 90 valence electrons. The van der Waals surface area contributed by atoms with Gasteiger partial charge in [0.15, 0.2) is 0 Å². The molecule has 5 heteroatoms. The van der Waals surface area contributed by atoms with Gasteiger partial charge in [-0.1, -0.05) is 0 Å². The van der Waals surface area contributed by atoms with Gasteiger partial charge >= 0.3 is 0 Å². The number of nitrogens with one attached hydrogen (secondary N) is 2. The average Bonchev–Trinajstić information content (AvgIpc) is 2.64. The predicted octanol–water partition coefficient (Wildman–Crippen LogP) is 1.44. The van der Waals surface area contributed by atoms with Crippen LogP contribution < -0.4 is 10.6 Å². The first-order valence-electron chi connectivity index (χ1n) is 5.33. The third kappa shape index (κ3) is 4.12. The van der Waals surface area contributed by atoms with E-state index in [4.69, 9.17) is 0 Å². The average molecular weight is 261 g/mol. The molecule has 0 saturated carbocycles. The van der Waals surface area contributed by atoms with Crippen LogP contribution in [0.15, 0.2) is 16.8 Å². The standard InChI is InChI=1S/C11H16N2OS.ClH/c14-11(13-7-10-5-12-6-10)2-1-9-3-4-15-8-9;/h3-4,8,10,12H,1-2,5-7H2,(H,13,14);1H. The maximum Gasteiger partial charge on any atom is 0.220 e. The summed E-state index contributed by atoms with van der Waals surface area (Å²) < 4.78 is 0. The highest BCUT2D eigenvalue weighted by atomic mass is 35.5. The Balaban J connectivity index is 0.00000128. The van der Waals surface area contributed by atoms with E-state index < -0.39 is 0 Å². The Hall–Kier alpha value is -0.580. The summed E-state index contributed by atoms with van der Waals surface area (Å²) in [5, 5.41) is 10.3. The van der Waals surface area contributed by atoms with Crippen molar-refractivity contribution < 1.29 is 4.79 Å². The van der Waals surface area contributed by atoms with Crippen molar-refractivity contribution in [3.05, 3.63) is 22.4 Å². The first-order chi connectivity index (χ1) is 7.34. The normalized spacial score (nSPS) is 15.0. The lowest BCUT2D eigenvalue weighted by Gasteiger charge is -2.27. The van der Waals surface area contributed by atoms with E-state index in [9.17, 15) is 4.79 Å². The van der Waals surface area contributed by atoms with Crippen LogP contribution in [0.1, 0.15) is 12.0 Å². The summed E-state index contributed by atoms with van der Waals surface area (Å²) in [5.74, 6) is 0.822. The van der Waals surface area contributed by atoms with E-state index in [2.05, 4.69) is 22.1 Å².